The van der Waals surface area contributed by atoms with Crippen molar-refractivity contribution in [2.75, 3.05) is 0 Å². The number of hydrogen-bond donors (Lipinski definition) is 0. The van der Waals surface area contributed by atoms with E-state index in [-0.39, 0.29) is 5.41 Å². The van der Waals surface area contributed by atoms with Crippen molar-refractivity contribution in [1.82, 2.24) is 9.97 Å². The lowest BCUT2D eigenvalue weighted by Crippen LogP contribution is -2.26. The van der Waals surface area contributed by atoms with Crippen molar-refractivity contribution in [3.63, 3.8) is 0 Å². The largest absolute Gasteiger partial charge is 0.254 e. The Bertz CT molecular complexity index is 1070. The van der Waals surface area contributed by atoms with Gasteiger partial charge in [0.2, 0.25) is 0 Å². The maximum Gasteiger partial charge on any atom is 0.0937 e. The number of benzene rings is 1. The molecule has 2 aliphatic carbocycles. The fourth-order valence-corrected chi connectivity index (χ4v) is 4.67. The summed E-state index contributed by atoms with van der Waals surface area (Å²) >= 11 is 0. The predicted molar refractivity (Wildman–Crippen MR) is 106 cm³/mol. The topological polar surface area (TPSA) is 25.8 Å². The Balaban J connectivity index is 2.02. The van der Waals surface area contributed by atoms with E-state index in [4.69, 9.17) is 9.97 Å². The zero-order chi connectivity index (χ0) is 17.7. The molecule has 0 aliphatic heterocycles. The van der Waals surface area contributed by atoms with Gasteiger partial charge in [-0.1, -0.05) is 61.2 Å². The number of hydrogen-bond acceptors (Lipinski definition) is 2. The molecule has 0 fully saturated rings. The summed E-state index contributed by atoms with van der Waals surface area (Å²) in [4.78, 5) is 9.39. The molecule has 2 aromatic heterocycles. The van der Waals surface area contributed by atoms with Gasteiger partial charge in [0.25, 0.3) is 0 Å². The number of rotatable bonds is 2. The van der Waals surface area contributed by atoms with Crippen LogP contribution in [-0.2, 0) is 5.41 Å². The van der Waals surface area contributed by atoms with Gasteiger partial charge in [0.15, 0.2) is 0 Å². The van der Waals surface area contributed by atoms with Crippen LogP contribution in [0.3, 0.4) is 0 Å². The highest BCUT2D eigenvalue weighted by atomic mass is 14.8. The maximum atomic E-state index is 4.69. The summed E-state index contributed by atoms with van der Waals surface area (Å²) in [6.45, 7) is 6.25. The van der Waals surface area contributed by atoms with Gasteiger partial charge in [-0.2, -0.15) is 0 Å². The van der Waals surface area contributed by atoms with Gasteiger partial charge in [0, 0.05) is 12.4 Å². The van der Waals surface area contributed by atoms with Gasteiger partial charge in [0.05, 0.1) is 16.8 Å². The highest BCUT2D eigenvalue weighted by Crippen LogP contribution is 2.61. The SMILES string of the molecule is C=CC1=C(/C=C\C)c2ccccc2C12c1cccnc1-c1ncccc12. The molecule has 5 rings (SSSR count). The number of nitrogens with zero attached hydrogens (tertiary/aromatic N) is 2. The third kappa shape index (κ3) is 1.62. The third-order valence-corrected chi connectivity index (χ3v) is 5.50. The highest BCUT2D eigenvalue weighted by Gasteiger charge is 2.52. The van der Waals surface area contributed by atoms with Crippen LogP contribution in [0.15, 0.2) is 91.3 Å². The summed E-state index contributed by atoms with van der Waals surface area (Å²) in [7, 11) is 0. The normalized spacial score (nSPS) is 16.0. The smallest absolute Gasteiger partial charge is 0.0937 e. The minimum absolute atomic E-state index is 0.389. The van der Waals surface area contributed by atoms with Crippen LogP contribution in [0, 0.1) is 0 Å². The Morgan fingerprint density at radius 1 is 0.846 bits per heavy atom. The Morgan fingerprint density at radius 3 is 2.08 bits per heavy atom. The Kier molecular flexibility index (Phi) is 3.10. The van der Waals surface area contributed by atoms with Crippen LogP contribution in [0.5, 0.6) is 0 Å². The fraction of sp³-hybridized carbons (Fsp3) is 0.0833. The average molecular weight is 334 g/mol. The van der Waals surface area contributed by atoms with Crippen molar-refractivity contribution in [1.29, 1.82) is 0 Å². The van der Waals surface area contributed by atoms with E-state index in [1.54, 1.807) is 0 Å². The zero-order valence-corrected chi connectivity index (χ0v) is 14.6. The molecule has 0 saturated carbocycles. The van der Waals surface area contributed by atoms with E-state index >= 15 is 0 Å². The first kappa shape index (κ1) is 15.0. The molecule has 0 unspecified atom stereocenters. The third-order valence-electron chi connectivity index (χ3n) is 5.50. The Labute approximate surface area is 153 Å². The van der Waals surface area contributed by atoms with Crippen LogP contribution >= 0.6 is 0 Å². The van der Waals surface area contributed by atoms with Crippen molar-refractivity contribution < 1.29 is 0 Å². The summed E-state index contributed by atoms with van der Waals surface area (Å²) in [5.41, 5.74) is 8.91. The molecular formula is C24H18N2. The monoisotopic (exact) mass is 334 g/mol. The molecule has 1 aromatic carbocycles. The predicted octanol–water partition coefficient (Wildman–Crippen LogP) is 5.32. The van der Waals surface area contributed by atoms with Gasteiger partial charge in [-0.3, -0.25) is 9.97 Å². The van der Waals surface area contributed by atoms with Crippen LogP contribution in [0.2, 0.25) is 0 Å². The van der Waals surface area contributed by atoms with E-state index < -0.39 is 0 Å². The molecule has 0 radical (unpaired) electrons. The molecule has 0 N–H and O–H groups in total. The van der Waals surface area contributed by atoms with Gasteiger partial charge in [-0.15, -0.1) is 0 Å². The van der Waals surface area contributed by atoms with Gasteiger partial charge in [-0.25, -0.2) is 0 Å². The summed E-state index contributed by atoms with van der Waals surface area (Å²) < 4.78 is 0. The molecule has 0 bridgehead atoms. The van der Waals surface area contributed by atoms with E-state index in [1.807, 2.05) is 30.6 Å². The quantitative estimate of drug-likeness (QED) is 0.634. The van der Waals surface area contributed by atoms with Gasteiger partial charge < -0.3 is 0 Å². The van der Waals surface area contributed by atoms with E-state index in [1.165, 1.54) is 33.4 Å². The molecule has 2 heterocycles. The van der Waals surface area contributed by atoms with Crippen LogP contribution in [0.1, 0.15) is 29.2 Å². The molecule has 2 heteroatoms. The van der Waals surface area contributed by atoms with E-state index in [0.29, 0.717) is 0 Å². The van der Waals surface area contributed by atoms with Crippen molar-refractivity contribution in [2.24, 2.45) is 0 Å². The molecule has 0 saturated heterocycles. The first-order valence-corrected chi connectivity index (χ1v) is 8.85. The number of pyridine rings is 2. The van der Waals surface area contributed by atoms with Crippen molar-refractivity contribution in [3.8, 4) is 11.4 Å². The molecular weight excluding hydrogens is 316 g/mol. The van der Waals surface area contributed by atoms with Gasteiger partial charge in [0.1, 0.15) is 0 Å². The summed E-state index contributed by atoms with van der Waals surface area (Å²) in [6.07, 6.45) is 9.99. The second-order valence-corrected chi connectivity index (χ2v) is 6.63. The van der Waals surface area contributed by atoms with E-state index in [9.17, 15) is 0 Å². The van der Waals surface area contributed by atoms with Crippen LogP contribution in [0.4, 0.5) is 0 Å². The second-order valence-electron chi connectivity index (χ2n) is 6.63. The molecule has 2 nitrogen and oxygen atoms in total. The second kappa shape index (κ2) is 5.37. The molecule has 0 atom stereocenters. The lowest BCUT2D eigenvalue weighted by Gasteiger charge is -2.30. The Hall–Kier alpha value is -3.26. The number of allylic oxidation sites excluding steroid dienone is 5. The van der Waals surface area contributed by atoms with Crippen molar-refractivity contribution >= 4 is 5.57 Å². The number of fused-ring (bicyclic) bond motifs is 7. The lowest BCUT2D eigenvalue weighted by atomic mass is 9.70. The molecule has 124 valence electrons. The van der Waals surface area contributed by atoms with Gasteiger partial charge in [-0.05, 0) is 52.5 Å². The number of aromatic nitrogens is 2. The molecule has 2 aliphatic rings. The van der Waals surface area contributed by atoms with Crippen molar-refractivity contribution in [2.45, 2.75) is 12.3 Å². The molecule has 3 aromatic rings. The lowest BCUT2D eigenvalue weighted by molar-refractivity contribution is 0.782. The van der Waals surface area contributed by atoms with Crippen LogP contribution in [0.25, 0.3) is 17.0 Å². The van der Waals surface area contributed by atoms with Gasteiger partial charge >= 0.3 is 0 Å². The zero-order valence-electron chi connectivity index (χ0n) is 14.6. The summed E-state index contributed by atoms with van der Waals surface area (Å²) in [6, 6.07) is 17.1. The van der Waals surface area contributed by atoms with Crippen LogP contribution in [-0.4, -0.2) is 9.97 Å². The molecule has 26 heavy (non-hydrogen) atoms. The first-order valence-electron chi connectivity index (χ1n) is 8.85. The average Bonchev–Trinajstić information content (AvgIpc) is 3.15. The van der Waals surface area contributed by atoms with Crippen LogP contribution < -0.4 is 0 Å². The fourth-order valence-electron chi connectivity index (χ4n) is 4.67. The maximum absolute atomic E-state index is 4.69. The highest BCUT2D eigenvalue weighted by molar-refractivity contribution is 5.96. The summed E-state index contributed by atoms with van der Waals surface area (Å²) in [5, 5.41) is 0. The minimum Gasteiger partial charge on any atom is -0.254 e. The van der Waals surface area contributed by atoms with Crippen molar-refractivity contribution in [3.05, 3.63) is 114 Å². The molecule has 1 spiro atoms. The standard InChI is InChI=1S/C24H18N2/c1-3-9-16-17-10-5-6-11-19(17)24(18(16)4-2)20-12-7-14-25-22(20)23-21(24)13-8-15-26-23/h3-15H,2H2,1H3/b9-3-. The molecule has 0 amide bonds. The van der Waals surface area contributed by atoms with E-state index in [0.717, 1.165) is 11.4 Å². The van der Waals surface area contributed by atoms with E-state index in [2.05, 4.69) is 62.1 Å². The summed E-state index contributed by atoms with van der Waals surface area (Å²) in [5.74, 6) is 0. The minimum atomic E-state index is -0.389. The first-order chi connectivity index (χ1) is 12.8. The Morgan fingerprint density at radius 2 is 1.46 bits per heavy atom.